The van der Waals surface area contributed by atoms with Gasteiger partial charge in [0.1, 0.15) is 0 Å². The van der Waals surface area contributed by atoms with Crippen molar-refractivity contribution in [3.63, 3.8) is 0 Å². The number of nitrogens with zero attached hydrogens (tertiary/aromatic N) is 2. The number of sulfonamides is 1. The average molecular weight is 320 g/mol. The second kappa shape index (κ2) is 7.90. The fourth-order valence-electron chi connectivity index (χ4n) is 2.69. The fourth-order valence-corrected chi connectivity index (χ4v) is 4.54. The minimum absolute atomic E-state index is 0.0562. The molecule has 0 bridgehead atoms. The van der Waals surface area contributed by atoms with E-state index in [1.54, 1.807) is 4.31 Å². The summed E-state index contributed by atoms with van der Waals surface area (Å²) in [6, 6.07) is 0.398. The molecular weight excluding hydrogens is 286 g/mol. The summed E-state index contributed by atoms with van der Waals surface area (Å²) in [6.45, 7) is 11.9. The van der Waals surface area contributed by atoms with Crippen LogP contribution in [0.1, 0.15) is 47.0 Å². The van der Waals surface area contributed by atoms with Crippen LogP contribution in [0.15, 0.2) is 0 Å². The van der Waals surface area contributed by atoms with Crippen LogP contribution in [0, 0.1) is 5.41 Å². The molecule has 1 aliphatic rings. The van der Waals surface area contributed by atoms with Crippen LogP contribution in [-0.4, -0.2) is 62.1 Å². The smallest absolute Gasteiger partial charge is 0.214 e. The second-order valence-electron chi connectivity index (χ2n) is 7.24. The van der Waals surface area contributed by atoms with E-state index in [4.69, 9.17) is 5.73 Å². The monoisotopic (exact) mass is 319 g/mol. The van der Waals surface area contributed by atoms with Crippen LogP contribution < -0.4 is 5.73 Å². The molecule has 1 heterocycles. The molecule has 0 spiro atoms. The number of hydrogen-bond acceptors (Lipinski definition) is 4. The topological polar surface area (TPSA) is 66.6 Å². The van der Waals surface area contributed by atoms with Gasteiger partial charge in [0.05, 0.1) is 5.75 Å². The van der Waals surface area contributed by atoms with Gasteiger partial charge in [-0.2, -0.15) is 4.31 Å². The van der Waals surface area contributed by atoms with Crippen LogP contribution in [0.5, 0.6) is 0 Å². The van der Waals surface area contributed by atoms with Gasteiger partial charge in [0.2, 0.25) is 10.0 Å². The van der Waals surface area contributed by atoms with Gasteiger partial charge in [0.15, 0.2) is 0 Å². The molecule has 0 saturated carbocycles. The Labute approximate surface area is 130 Å². The van der Waals surface area contributed by atoms with Crippen molar-refractivity contribution in [1.82, 2.24) is 9.21 Å². The van der Waals surface area contributed by atoms with Crippen molar-refractivity contribution in [3.8, 4) is 0 Å². The third-order valence-corrected chi connectivity index (χ3v) is 6.06. The molecule has 0 radical (unpaired) electrons. The predicted molar refractivity (Wildman–Crippen MR) is 88.8 cm³/mol. The number of rotatable bonds is 7. The molecule has 0 aromatic carbocycles. The van der Waals surface area contributed by atoms with Gasteiger partial charge >= 0.3 is 0 Å². The lowest BCUT2D eigenvalue weighted by Crippen LogP contribution is -2.54. The van der Waals surface area contributed by atoms with Crippen LogP contribution in [0.4, 0.5) is 0 Å². The molecule has 6 heteroatoms. The first-order valence-electron chi connectivity index (χ1n) is 8.11. The van der Waals surface area contributed by atoms with Crippen molar-refractivity contribution >= 4 is 10.0 Å². The highest BCUT2D eigenvalue weighted by atomic mass is 32.2. The molecule has 1 atom stereocenters. The Morgan fingerprint density at radius 1 is 1.14 bits per heavy atom. The van der Waals surface area contributed by atoms with Gasteiger partial charge in [-0.3, -0.25) is 4.90 Å². The van der Waals surface area contributed by atoms with E-state index in [2.05, 4.69) is 32.6 Å². The van der Waals surface area contributed by atoms with E-state index >= 15 is 0 Å². The quantitative estimate of drug-likeness (QED) is 0.772. The van der Waals surface area contributed by atoms with Gasteiger partial charge in [-0.1, -0.05) is 34.1 Å². The lowest BCUT2D eigenvalue weighted by atomic mass is 9.94. The molecule has 1 rings (SSSR count). The third kappa shape index (κ3) is 6.22. The van der Waals surface area contributed by atoms with Crippen molar-refractivity contribution in [1.29, 1.82) is 0 Å². The zero-order valence-electron chi connectivity index (χ0n) is 14.1. The van der Waals surface area contributed by atoms with E-state index < -0.39 is 10.0 Å². The summed E-state index contributed by atoms with van der Waals surface area (Å²) in [5.41, 5.74) is 5.89. The molecule has 21 heavy (non-hydrogen) atoms. The molecule has 0 aromatic heterocycles. The van der Waals surface area contributed by atoms with E-state index in [-0.39, 0.29) is 11.2 Å². The van der Waals surface area contributed by atoms with E-state index in [0.717, 1.165) is 25.9 Å². The van der Waals surface area contributed by atoms with Gasteiger partial charge in [-0.25, -0.2) is 8.42 Å². The van der Waals surface area contributed by atoms with Crippen molar-refractivity contribution in [2.24, 2.45) is 11.1 Å². The number of nitrogens with two attached hydrogens (primary N) is 1. The van der Waals surface area contributed by atoms with Crippen LogP contribution in [-0.2, 0) is 10.0 Å². The SMILES string of the molecule is CCCC(CN)N1CCN(S(=O)(=O)CCC(C)(C)C)CC1. The summed E-state index contributed by atoms with van der Waals surface area (Å²) < 4.78 is 26.4. The lowest BCUT2D eigenvalue weighted by Gasteiger charge is -2.38. The molecule has 0 aromatic rings. The Bertz CT molecular complexity index is 396. The third-order valence-electron chi connectivity index (χ3n) is 4.19. The summed E-state index contributed by atoms with van der Waals surface area (Å²) in [4.78, 5) is 2.35. The maximum atomic E-state index is 12.4. The van der Waals surface area contributed by atoms with Gasteiger partial charge in [0, 0.05) is 38.8 Å². The summed E-state index contributed by atoms with van der Waals surface area (Å²) in [5.74, 6) is 0.256. The molecule has 2 N–H and O–H groups in total. The molecule has 5 nitrogen and oxygen atoms in total. The van der Waals surface area contributed by atoms with Crippen molar-refractivity contribution in [2.75, 3.05) is 38.5 Å². The zero-order chi connectivity index (χ0) is 16.1. The Hall–Kier alpha value is -0.170. The van der Waals surface area contributed by atoms with E-state index in [0.29, 0.717) is 32.1 Å². The van der Waals surface area contributed by atoms with Crippen LogP contribution in [0.3, 0.4) is 0 Å². The Morgan fingerprint density at radius 2 is 1.71 bits per heavy atom. The van der Waals surface area contributed by atoms with Crippen molar-refractivity contribution < 1.29 is 8.42 Å². The highest BCUT2D eigenvalue weighted by Crippen LogP contribution is 2.21. The first-order chi connectivity index (χ1) is 9.69. The Balaban J connectivity index is 2.51. The second-order valence-corrected chi connectivity index (χ2v) is 9.33. The lowest BCUT2D eigenvalue weighted by molar-refractivity contribution is 0.133. The Morgan fingerprint density at radius 3 is 2.14 bits per heavy atom. The van der Waals surface area contributed by atoms with Gasteiger partial charge in [-0.15, -0.1) is 0 Å². The molecule has 1 saturated heterocycles. The molecule has 0 aliphatic carbocycles. The van der Waals surface area contributed by atoms with E-state index in [1.165, 1.54) is 0 Å². The summed E-state index contributed by atoms with van der Waals surface area (Å²) in [7, 11) is -3.11. The molecular formula is C15H33N3O2S. The van der Waals surface area contributed by atoms with Crippen molar-refractivity contribution in [3.05, 3.63) is 0 Å². The van der Waals surface area contributed by atoms with Gasteiger partial charge in [0.25, 0.3) is 0 Å². The first kappa shape index (κ1) is 18.9. The maximum absolute atomic E-state index is 12.4. The molecule has 126 valence electrons. The largest absolute Gasteiger partial charge is 0.329 e. The molecule has 1 aliphatic heterocycles. The highest BCUT2D eigenvalue weighted by molar-refractivity contribution is 7.89. The molecule has 1 fully saturated rings. The van der Waals surface area contributed by atoms with E-state index in [1.807, 2.05) is 0 Å². The van der Waals surface area contributed by atoms with Crippen molar-refractivity contribution in [2.45, 2.75) is 53.0 Å². The van der Waals surface area contributed by atoms with Crippen LogP contribution in [0.25, 0.3) is 0 Å². The van der Waals surface area contributed by atoms with Crippen LogP contribution in [0.2, 0.25) is 0 Å². The standard InChI is InChI=1S/C15H33N3O2S/c1-5-6-14(13-16)17-8-10-18(11-9-17)21(19,20)12-7-15(2,3)4/h14H,5-13,16H2,1-4H3. The summed E-state index contributed by atoms with van der Waals surface area (Å²) in [6.07, 6.45) is 2.91. The first-order valence-corrected chi connectivity index (χ1v) is 9.72. The average Bonchev–Trinajstić information content (AvgIpc) is 2.42. The van der Waals surface area contributed by atoms with E-state index in [9.17, 15) is 8.42 Å². The summed E-state index contributed by atoms with van der Waals surface area (Å²) >= 11 is 0. The minimum Gasteiger partial charge on any atom is -0.329 e. The Kier molecular flexibility index (Phi) is 7.10. The normalized spacial score (nSPS) is 20.6. The van der Waals surface area contributed by atoms with Gasteiger partial charge < -0.3 is 5.73 Å². The summed E-state index contributed by atoms with van der Waals surface area (Å²) in [5, 5.41) is 0. The fraction of sp³-hybridized carbons (Fsp3) is 1.00. The highest BCUT2D eigenvalue weighted by Gasteiger charge is 2.30. The predicted octanol–water partition coefficient (Wildman–Crippen LogP) is 1.50. The van der Waals surface area contributed by atoms with Crippen LogP contribution >= 0.6 is 0 Å². The van der Waals surface area contributed by atoms with Gasteiger partial charge in [-0.05, 0) is 18.3 Å². The maximum Gasteiger partial charge on any atom is 0.214 e. The number of piperazine rings is 1. The zero-order valence-corrected chi connectivity index (χ0v) is 15.0. The number of hydrogen-bond donors (Lipinski definition) is 1. The molecule has 1 unspecified atom stereocenters. The minimum atomic E-state index is -3.11. The molecule has 0 amide bonds.